The maximum Gasteiger partial charge on any atom is 0.237 e. The minimum atomic E-state index is -0.866. The largest absolute Gasteiger partial charge is 0.377 e. The van der Waals surface area contributed by atoms with Gasteiger partial charge in [-0.1, -0.05) is 6.92 Å². The lowest BCUT2D eigenvalue weighted by atomic mass is 9.95. The van der Waals surface area contributed by atoms with Crippen molar-refractivity contribution in [2.75, 3.05) is 26.2 Å². The zero-order valence-electron chi connectivity index (χ0n) is 13.1. The summed E-state index contributed by atoms with van der Waals surface area (Å²) in [6, 6.07) is 0. The normalized spacial score (nSPS) is 23.4. The minimum absolute atomic E-state index is 0.397. The molecule has 0 aromatic carbocycles. The highest BCUT2D eigenvalue weighted by atomic mass is 16.5. The van der Waals surface area contributed by atoms with Crippen molar-refractivity contribution in [3.05, 3.63) is 0 Å². The van der Waals surface area contributed by atoms with E-state index in [0.29, 0.717) is 12.5 Å². The van der Waals surface area contributed by atoms with Crippen LogP contribution in [0.3, 0.4) is 0 Å². The molecule has 1 fully saturated rings. The predicted octanol–water partition coefficient (Wildman–Crippen LogP) is 1.25. The zero-order valence-corrected chi connectivity index (χ0v) is 13.1. The number of hydrogen-bond acceptors (Lipinski definition) is 4. The fraction of sp³-hybridized carbons (Fsp3) is 0.933. The molecule has 1 aliphatic heterocycles. The number of piperidine rings is 1. The first-order valence-corrected chi connectivity index (χ1v) is 7.88. The average Bonchev–Trinajstić information content (AvgIpc) is 2.41. The van der Waals surface area contributed by atoms with Crippen molar-refractivity contribution in [1.82, 2.24) is 4.90 Å². The van der Waals surface area contributed by atoms with Crippen molar-refractivity contribution in [2.24, 2.45) is 11.5 Å². The first-order valence-electron chi connectivity index (χ1n) is 7.88. The summed E-state index contributed by atoms with van der Waals surface area (Å²) in [7, 11) is 0. The summed E-state index contributed by atoms with van der Waals surface area (Å²) in [6.07, 6.45) is 6.52. The lowest BCUT2D eigenvalue weighted by molar-refractivity contribution is -0.122. The molecule has 1 aliphatic rings. The highest BCUT2D eigenvalue weighted by Gasteiger charge is 2.25. The Morgan fingerprint density at radius 1 is 1.45 bits per heavy atom. The third kappa shape index (κ3) is 6.20. The summed E-state index contributed by atoms with van der Waals surface area (Å²) in [5, 5.41) is 0. The third-order valence-electron chi connectivity index (χ3n) is 4.00. The van der Waals surface area contributed by atoms with E-state index in [-0.39, 0.29) is 0 Å². The molecule has 1 saturated heterocycles. The predicted molar refractivity (Wildman–Crippen MR) is 81.3 cm³/mol. The summed E-state index contributed by atoms with van der Waals surface area (Å²) in [4.78, 5) is 13.6. The van der Waals surface area contributed by atoms with Gasteiger partial charge < -0.3 is 21.1 Å². The van der Waals surface area contributed by atoms with Gasteiger partial charge in [0.05, 0.1) is 11.6 Å². The summed E-state index contributed by atoms with van der Waals surface area (Å²) < 4.78 is 5.83. The van der Waals surface area contributed by atoms with E-state index in [0.717, 1.165) is 45.5 Å². The van der Waals surface area contributed by atoms with Crippen LogP contribution >= 0.6 is 0 Å². The van der Waals surface area contributed by atoms with E-state index in [1.807, 2.05) is 0 Å². The van der Waals surface area contributed by atoms with Crippen molar-refractivity contribution in [2.45, 2.75) is 64.0 Å². The van der Waals surface area contributed by atoms with E-state index >= 15 is 0 Å². The fourth-order valence-corrected chi connectivity index (χ4v) is 2.59. The molecule has 0 spiro atoms. The number of nitrogens with zero attached hydrogens (tertiary/aromatic N) is 1. The molecule has 2 atom stereocenters. The number of likely N-dealkylation sites (tertiary alicyclic amines) is 1. The fourth-order valence-electron chi connectivity index (χ4n) is 2.59. The van der Waals surface area contributed by atoms with Gasteiger partial charge in [0.25, 0.3) is 0 Å². The topological polar surface area (TPSA) is 81.6 Å². The first kappa shape index (κ1) is 17.4. The van der Waals surface area contributed by atoms with Crippen LogP contribution in [0.1, 0.15) is 52.4 Å². The molecule has 5 nitrogen and oxygen atoms in total. The quantitative estimate of drug-likeness (QED) is 0.625. The number of carbonyl (C=O) groups excluding carboxylic acids is 1. The number of primary amides is 1. The van der Waals surface area contributed by atoms with Crippen LogP contribution in [-0.4, -0.2) is 48.7 Å². The van der Waals surface area contributed by atoms with Crippen molar-refractivity contribution < 1.29 is 9.53 Å². The molecule has 5 heteroatoms. The van der Waals surface area contributed by atoms with Crippen LogP contribution in [0.5, 0.6) is 0 Å². The Morgan fingerprint density at radius 3 is 2.85 bits per heavy atom. The Bertz CT molecular complexity index is 295. The molecule has 0 aliphatic carbocycles. The van der Waals surface area contributed by atoms with E-state index in [9.17, 15) is 4.79 Å². The highest BCUT2D eigenvalue weighted by Crippen LogP contribution is 2.15. The van der Waals surface area contributed by atoms with Gasteiger partial charge in [0, 0.05) is 13.2 Å². The van der Waals surface area contributed by atoms with Crippen LogP contribution in [0.4, 0.5) is 0 Å². The molecule has 118 valence electrons. The number of unbranched alkanes of at least 4 members (excludes halogenated alkanes) is 1. The van der Waals surface area contributed by atoms with Gasteiger partial charge in [-0.15, -0.1) is 0 Å². The lowest BCUT2D eigenvalue weighted by Gasteiger charge is -2.32. The van der Waals surface area contributed by atoms with Gasteiger partial charge in [-0.2, -0.15) is 0 Å². The SMILES string of the molecule is CCCOC1CCCN(CCCCC(C)(N)C(N)=O)C1. The smallest absolute Gasteiger partial charge is 0.237 e. The molecule has 0 bridgehead atoms. The van der Waals surface area contributed by atoms with E-state index in [1.54, 1.807) is 6.92 Å². The molecule has 1 amide bonds. The van der Waals surface area contributed by atoms with E-state index < -0.39 is 11.4 Å². The van der Waals surface area contributed by atoms with Gasteiger partial charge in [0.15, 0.2) is 0 Å². The van der Waals surface area contributed by atoms with Crippen LogP contribution in [0.2, 0.25) is 0 Å². The molecule has 0 radical (unpaired) electrons. The Labute approximate surface area is 123 Å². The monoisotopic (exact) mass is 285 g/mol. The molecule has 1 heterocycles. The van der Waals surface area contributed by atoms with Crippen molar-refractivity contribution >= 4 is 5.91 Å². The standard InChI is InChI=1S/C15H31N3O2/c1-3-11-20-13-7-6-10-18(12-13)9-5-4-8-15(2,17)14(16)19/h13H,3-12,17H2,1-2H3,(H2,16,19). The van der Waals surface area contributed by atoms with Crippen LogP contribution in [0.25, 0.3) is 0 Å². The summed E-state index contributed by atoms with van der Waals surface area (Å²) >= 11 is 0. The van der Waals surface area contributed by atoms with Gasteiger partial charge >= 0.3 is 0 Å². The maximum absolute atomic E-state index is 11.1. The number of amides is 1. The Balaban J connectivity index is 2.17. The van der Waals surface area contributed by atoms with Crippen LogP contribution in [0, 0.1) is 0 Å². The molecular weight excluding hydrogens is 254 g/mol. The second kappa shape index (κ2) is 8.60. The molecule has 20 heavy (non-hydrogen) atoms. The lowest BCUT2D eigenvalue weighted by Crippen LogP contribution is -2.49. The number of ether oxygens (including phenoxy) is 1. The maximum atomic E-state index is 11.1. The van der Waals surface area contributed by atoms with E-state index in [2.05, 4.69) is 11.8 Å². The van der Waals surface area contributed by atoms with E-state index in [1.165, 1.54) is 12.8 Å². The second-order valence-electron chi connectivity index (χ2n) is 6.17. The third-order valence-corrected chi connectivity index (χ3v) is 4.00. The second-order valence-corrected chi connectivity index (χ2v) is 6.17. The molecule has 0 aromatic rings. The number of hydrogen-bond donors (Lipinski definition) is 2. The Kier molecular flexibility index (Phi) is 7.48. The van der Waals surface area contributed by atoms with Gasteiger partial charge in [-0.3, -0.25) is 4.79 Å². The van der Waals surface area contributed by atoms with Crippen molar-refractivity contribution in [1.29, 1.82) is 0 Å². The average molecular weight is 285 g/mol. The minimum Gasteiger partial charge on any atom is -0.377 e. The van der Waals surface area contributed by atoms with Crippen molar-refractivity contribution in [3.8, 4) is 0 Å². The number of nitrogens with two attached hydrogens (primary N) is 2. The van der Waals surface area contributed by atoms with Crippen molar-refractivity contribution in [3.63, 3.8) is 0 Å². The highest BCUT2D eigenvalue weighted by molar-refractivity contribution is 5.83. The molecule has 0 aromatic heterocycles. The zero-order chi connectivity index (χ0) is 15.0. The van der Waals surface area contributed by atoms with Gasteiger partial charge in [0.2, 0.25) is 5.91 Å². The van der Waals surface area contributed by atoms with Crippen LogP contribution in [0.15, 0.2) is 0 Å². The summed E-state index contributed by atoms with van der Waals surface area (Å²) in [5.74, 6) is -0.413. The van der Waals surface area contributed by atoms with E-state index in [4.69, 9.17) is 16.2 Å². The summed E-state index contributed by atoms with van der Waals surface area (Å²) in [5.41, 5.74) is 10.3. The number of rotatable bonds is 9. The molecule has 4 N–H and O–H groups in total. The molecule has 2 unspecified atom stereocenters. The van der Waals surface area contributed by atoms with Gasteiger partial charge in [0.1, 0.15) is 0 Å². The van der Waals surface area contributed by atoms with Crippen LogP contribution in [-0.2, 0) is 9.53 Å². The van der Waals surface area contributed by atoms with Crippen LogP contribution < -0.4 is 11.5 Å². The number of carbonyl (C=O) groups is 1. The van der Waals surface area contributed by atoms with Gasteiger partial charge in [-0.05, 0) is 58.5 Å². The molecular formula is C15H31N3O2. The summed E-state index contributed by atoms with van der Waals surface area (Å²) in [6.45, 7) is 7.97. The van der Waals surface area contributed by atoms with Gasteiger partial charge in [-0.25, -0.2) is 0 Å². The molecule has 0 saturated carbocycles. The Hall–Kier alpha value is -0.650. The Morgan fingerprint density at radius 2 is 2.20 bits per heavy atom. The molecule has 1 rings (SSSR count). The first-order chi connectivity index (χ1) is 9.45.